The smallest absolute Gasteiger partial charge is 0.416 e. The number of unbranched alkanes of at least 4 members (excludes halogenated alkanes) is 6. The summed E-state index contributed by atoms with van der Waals surface area (Å²) in [5.74, 6) is 7.11. The molecular formula is C61H60ClF3N2O6. The van der Waals surface area contributed by atoms with Crippen LogP contribution in [0, 0.1) is 23.7 Å². The van der Waals surface area contributed by atoms with E-state index in [-0.39, 0.29) is 25.2 Å². The molecule has 0 radical (unpaired) electrons. The van der Waals surface area contributed by atoms with Gasteiger partial charge in [0.1, 0.15) is 0 Å². The van der Waals surface area contributed by atoms with Crippen molar-refractivity contribution < 1.29 is 42.6 Å². The van der Waals surface area contributed by atoms with Gasteiger partial charge in [0.2, 0.25) is 0 Å². The Balaban J connectivity index is 0.000000272. The van der Waals surface area contributed by atoms with Gasteiger partial charge >= 0.3 is 29.9 Å². The highest BCUT2D eigenvalue weighted by atomic mass is 35.5. The minimum Gasteiger partial charge on any atom is -0.474 e. The summed E-state index contributed by atoms with van der Waals surface area (Å²) in [5, 5.41) is 19.0. The van der Waals surface area contributed by atoms with Crippen LogP contribution in [0.2, 0.25) is 5.02 Å². The number of rotatable bonds is 18. The van der Waals surface area contributed by atoms with Crippen LogP contribution in [-0.2, 0) is 64.4 Å². The van der Waals surface area contributed by atoms with Gasteiger partial charge in [-0.1, -0.05) is 167 Å². The van der Waals surface area contributed by atoms with Gasteiger partial charge in [-0.15, -0.1) is 0 Å². The minimum atomic E-state index is -4.62. The molecular weight excluding hydrogens is 949 g/mol. The summed E-state index contributed by atoms with van der Waals surface area (Å²) < 4.78 is 40.2. The van der Waals surface area contributed by atoms with Crippen molar-refractivity contribution in [2.24, 2.45) is 0 Å². The lowest BCUT2D eigenvalue weighted by Gasteiger charge is -2.23. The van der Waals surface area contributed by atoms with E-state index in [0.717, 1.165) is 57.2 Å². The highest BCUT2D eigenvalue weighted by Crippen LogP contribution is 2.32. The van der Waals surface area contributed by atoms with E-state index < -0.39 is 42.0 Å². The Morgan fingerprint density at radius 2 is 0.781 bits per heavy atom. The lowest BCUT2D eigenvalue weighted by atomic mass is 10.0. The maximum Gasteiger partial charge on any atom is 0.416 e. The van der Waals surface area contributed by atoms with E-state index in [1.54, 1.807) is 48.5 Å². The molecule has 2 N–H and O–H groups in total. The number of aliphatic carboxylic acids is 2. The van der Waals surface area contributed by atoms with Crippen LogP contribution in [0.5, 0.6) is 0 Å². The molecule has 0 aliphatic heterocycles. The molecule has 0 spiro atoms. The molecule has 8 nitrogen and oxygen atoms in total. The second kappa shape index (κ2) is 29.0. The molecule has 0 atom stereocenters. The van der Waals surface area contributed by atoms with Crippen LogP contribution in [-0.4, -0.2) is 43.8 Å². The zero-order chi connectivity index (χ0) is 52.6. The molecule has 0 fully saturated rings. The first-order valence-corrected chi connectivity index (χ1v) is 24.8. The number of hydrogen-bond donors (Lipinski definition) is 2. The van der Waals surface area contributed by atoms with Crippen molar-refractivity contribution in [3.63, 3.8) is 0 Å². The van der Waals surface area contributed by atoms with Crippen LogP contribution in [0.3, 0.4) is 0 Å². The van der Waals surface area contributed by atoms with Gasteiger partial charge in [-0.25, -0.2) is 9.59 Å². The van der Waals surface area contributed by atoms with Gasteiger partial charge in [0, 0.05) is 53.5 Å². The number of nitrogens with zero attached hydrogens (tertiary/aromatic N) is 2. The Kier molecular flexibility index (Phi) is 22.4. The maximum absolute atomic E-state index is 13.4. The molecule has 0 saturated heterocycles. The van der Waals surface area contributed by atoms with Gasteiger partial charge in [-0.05, 0) is 126 Å². The zero-order valence-corrected chi connectivity index (χ0v) is 41.9. The fourth-order valence-electron chi connectivity index (χ4n) is 7.76. The molecule has 73 heavy (non-hydrogen) atoms. The maximum atomic E-state index is 13.4. The van der Waals surface area contributed by atoms with Crippen molar-refractivity contribution in [1.29, 1.82) is 0 Å². The van der Waals surface area contributed by atoms with Crippen LogP contribution < -0.4 is 0 Å². The van der Waals surface area contributed by atoms with Crippen LogP contribution >= 0.6 is 11.6 Å². The summed E-state index contributed by atoms with van der Waals surface area (Å²) in [7, 11) is 0. The first-order valence-electron chi connectivity index (χ1n) is 24.5. The number of halogens is 4. The normalized spacial score (nSPS) is 10.7. The predicted molar refractivity (Wildman–Crippen MR) is 280 cm³/mol. The molecule has 0 aliphatic rings. The van der Waals surface area contributed by atoms with Gasteiger partial charge in [0.05, 0.1) is 5.56 Å². The number of benzene rings is 6. The second-order valence-electron chi connectivity index (χ2n) is 17.6. The van der Waals surface area contributed by atoms with Crippen molar-refractivity contribution in [3.05, 3.63) is 212 Å². The molecule has 6 rings (SSSR count). The van der Waals surface area contributed by atoms with Gasteiger partial charge in [0.25, 0.3) is 0 Å². The molecule has 0 aromatic heterocycles. The van der Waals surface area contributed by atoms with Crippen molar-refractivity contribution in [2.45, 2.75) is 110 Å². The van der Waals surface area contributed by atoms with Crippen molar-refractivity contribution in [3.8, 4) is 23.7 Å². The van der Waals surface area contributed by atoms with Crippen molar-refractivity contribution in [1.82, 2.24) is 9.80 Å². The Labute approximate surface area is 431 Å². The van der Waals surface area contributed by atoms with E-state index in [2.05, 4.69) is 73.9 Å². The summed E-state index contributed by atoms with van der Waals surface area (Å²) in [6.07, 6.45) is 7.45. The van der Waals surface area contributed by atoms with Crippen molar-refractivity contribution in [2.75, 3.05) is 0 Å². The fraction of sp³-hybridized carbons (Fsp3) is 0.279. The Bertz CT molecular complexity index is 2860. The summed E-state index contributed by atoms with van der Waals surface area (Å²) in [6, 6.07) is 42.7. The van der Waals surface area contributed by atoms with Gasteiger partial charge in [-0.3, -0.25) is 9.59 Å². The number of alkyl halides is 3. The average Bonchev–Trinajstić information content (AvgIpc) is 3.39. The average molecular weight is 1010 g/mol. The summed E-state index contributed by atoms with van der Waals surface area (Å²) in [6.45, 7) is 4.12. The van der Waals surface area contributed by atoms with E-state index in [1.165, 1.54) is 85.6 Å². The van der Waals surface area contributed by atoms with Crippen molar-refractivity contribution >= 4 is 35.4 Å². The van der Waals surface area contributed by atoms with Crippen LogP contribution in [0.4, 0.5) is 13.2 Å². The molecule has 0 unspecified atom stereocenters. The van der Waals surface area contributed by atoms with E-state index in [0.29, 0.717) is 10.6 Å². The number of carbonyl (C=O) groups is 4. The van der Waals surface area contributed by atoms with Gasteiger partial charge in [-0.2, -0.15) is 13.2 Å². The summed E-state index contributed by atoms with van der Waals surface area (Å²) >= 11 is 5.92. The molecule has 6 aromatic rings. The third-order valence-corrected chi connectivity index (χ3v) is 12.1. The monoisotopic (exact) mass is 1010 g/mol. The largest absolute Gasteiger partial charge is 0.474 e. The number of carbonyl (C=O) groups excluding carboxylic acids is 2. The number of carboxylic acid groups (broad SMARTS) is 2. The standard InChI is InChI=1S/C31H30F3NO3.C30H30ClNO3/c1-2-3-4-5-8-23-11-13-24(14-12-23)15-16-25-17-19-26(20-18-25)21-35(29(36)30(37)38)22-27-9-6-7-10-28(27)31(32,33)34;1-2-3-4-5-6-23-7-9-24(10-8-23)11-12-25-13-15-26(16-14-25)21-32(29(33)30(34)35)22-27-17-19-28(31)20-18-27/h6-7,9-14,17-20H,2-5,8,21-22H2,1H3,(H,37,38);7-10,13-20H,2-6,21-22H2,1H3,(H,34,35). The predicted octanol–water partition coefficient (Wildman–Crippen LogP) is 13.3. The van der Waals surface area contributed by atoms with E-state index >= 15 is 0 Å². The SMILES string of the molecule is CCCCCCc1ccc(C#Cc2ccc(CN(Cc3ccc(Cl)cc3)C(=O)C(=O)O)cc2)cc1.CCCCCCc1ccc(C#Cc2ccc(CN(Cc3ccccc3C(F)(F)F)C(=O)C(=O)O)cc2)cc1. The first kappa shape index (κ1) is 56.3. The lowest BCUT2D eigenvalue weighted by Crippen LogP contribution is -2.36. The highest BCUT2D eigenvalue weighted by molar-refractivity contribution is 6.32. The number of hydrogen-bond acceptors (Lipinski definition) is 4. The number of aryl methyl sites for hydroxylation is 2. The number of amides is 2. The summed E-state index contributed by atoms with van der Waals surface area (Å²) in [4.78, 5) is 49.4. The lowest BCUT2D eigenvalue weighted by molar-refractivity contribution is -0.156. The molecule has 0 saturated carbocycles. The summed E-state index contributed by atoms with van der Waals surface area (Å²) in [5.41, 5.74) is 7.17. The fourth-order valence-corrected chi connectivity index (χ4v) is 7.88. The molecule has 12 heteroatoms. The third kappa shape index (κ3) is 19.5. The topological polar surface area (TPSA) is 115 Å². The molecule has 0 heterocycles. The molecule has 378 valence electrons. The molecule has 0 bridgehead atoms. The Morgan fingerprint density at radius 1 is 0.452 bits per heavy atom. The van der Waals surface area contributed by atoms with E-state index in [4.69, 9.17) is 11.6 Å². The van der Waals surface area contributed by atoms with E-state index in [1.807, 2.05) is 36.4 Å². The minimum absolute atomic E-state index is 0.162. The Hall–Kier alpha value is -7.60. The quantitative estimate of drug-likeness (QED) is 0.0503. The molecule has 6 aromatic carbocycles. The Morgan fingerprint density at radius 3 is 1.12 bits per heavy atom. The number of carboxylic acids is 2. The highest BCUT2D eigenvalue weighted by Gasteiger charge is 2.34. The van der Waals surface area contributed by atoms with Crippen LogP contribution in [0.15, 0.2) is 146 Å². The first-order chi connectivity index (χ1) is 35.1. The second-order valence-corrected chi connectivity index (χ2v) is 18.1. The van der Waals surface area contributed by atoms with Crippen LogP contribution in [0.25, 0.3) is 0 Å². The molecule has 2 amide bonds. The van der Waals surface area contributed by atoms with Crippen LogP contribution in [0.1, 0.15) is 126 Å². The van der Waals surface area contributed by atoms with Gasteiger partial charge < -0.3 is 20.0 Å². The molecule has 0 aliphatic carbocycles. The third-order valence-electron chi connectivity index (χ3n) is 11.8. The van der Waals surface area contributed by atoms with Gasteiger partial charge in [0.15, 0.2) is 0 Å². The zero-order valence-electron chi connectivity index (χ0n) is 41.2. The van der Waals surface area contributed by atoms with E-state index in [9.17, 15) is 42.6 Å².